The van der Waals surface area contributed by atoms with Gasteiger partial charge in [0, 0.05) is 28.7 Å². The van der Waals surface area contributed by atoms with Crippen molar-refractivity contribution in [2.45, 2.75) is 19.9 Å². The number of thiocarbonyl (C=S) groups is 1. The average molecular weight is 469 g/mol. The molecule has 0 amide bonds. The Kier molecular flexibility index (Phi) is 8.68. The zero-order valence-corrected chi connectivity index (χ0v) is 20.5. The van der Waals surface area contributed by atoms with E-state index in [1.165, 1.54) is 0 Å². The molecule has 0 bridgehead atoms. The minimum absolute atomic E-state index is 0.117. The Bertz CT molecular complexity index is 1130. The Labute approximate surface area is 200 Å². The molecule has 0 aliphatic carbocycles. The lowest BCUT2D eigenvalue weighted by molar-refractivity contribution is 0.340. The molecule has 0 radical (unpaired) electrons. The van der Waals surface area contributed by atoms with Gasteiger partial charge in [-0.3, -0.25) is 4.79 Å². The number of nitrogens with one attached hydrogen (secondary N) is 2. The molecule has 0 atom stereocenters. The average Bonchev–Trinajstić information content (AvgIpc) is 2.79. The van der Waals surface area contributed by atoms with E-state index in [-0.39, 0.29) is 5.56 Å². The molecule has 0 saturated heterocycles. The SMILES string of the molecule is CCOc1ccc(NC(=S)N(CCCN(C)C)Cc2cc3cc(OC)ccc3[nH]c2=O)cc1. The monoisotopic (exact) mass is 468 g/mol. The Balaban J connectivity index is 1.81. The van der Waals surface area contributed by atoms with Crippen molar-refractivity contribution in [3.05, 3.63) is 64.4 Å². The molecule has 0 spiro atoms. The predicted octanol–water partition coefficient (Wildman–Crippen LogP) is 4.09. The van der Waals surface area contributed by atoms with Crippen molar-refractivity contribution in [1.29, 1.82) is 0 Å². The van der Waals surface area contributed by atoms with Crippen LogP contribution in [0.2, 0.25) is 0 Å². The highest BCUT2D eigenvalue weighted by Gasteiger charge is 2.14. The summed E-state index contributed by atoms with van der Waals surface area (Å²) in [5.41, 5.74) is 2.18. The first-order valence-corrected chi connectivity index (χ1v) is 11.4. The van der Waals surface area contributed by atoms with Crippen molar-refractivity contribution in [2.75, 3.05) is 46.2 Å². The molecule has 0 fully saturated rings. The van der Waals surface area contributed by atoms with Crippen LogP contribution in [0.3, 0.4) is 0 Å². The van der Waals surface area contributed by atoms with E-state index in [1.807, 2.05) is 74.4 Å². The second kappa shape index (κ2) is 11.7. The van der Waals surface area contributed by atoms with Gasteiger partial charge in [-0.15, -0.1) is 0 Å². The van der Waals surface area contributed by atoms with Crippen LogP contribution in [0.5, 0.6) is 11.5 Å². The van der Waals surface area contributed by atoms with Crippen molar-refractivity contribution in [1.82, 2.24) is 14.8 Å². The maximum Gasteiger partial charge on any atom is 0.253 e. The van der Waals surface area contributed by atoms with Crippen LogP contribution in [-0.4, -0.2) is 60.8 Å². The molecule has 0 unspecified atom stereocenters. The third-order valence-electron chi connectivity index (χ3n) is 5.23. The van der Waals surface area contributed by atoms with Gasteiger partial charge in [0.1, 0.15) is 11.5 Å². The number of methoxy groups -OCH3 is 1. The largest absolute Gasteiger partial charge is 0.497 e. The van der Waals surface area contributed by atoms with Crippen LogP contribution in [0, 0.1) is 0 Å². The van der Waals surface area contributed by atoms with Gasteiger partial charge in [-0.05, 0) is 94.7 Å². The third-order valence-corrected chi connectivity index (χ3v) is 5.59. The molecule has 1 heterocycles. The van der Waals surface area contributed by atoms with E-state index in [9.17, 15) is 4.79 Å². The number of pyridine rings is 1. The minimum atomic E-state index is -0.117. The summed E-state index contributed by atoms with van der Waals surface area (Å²) in [5.74, 6) is 1.56. The van der Waals surface area contributed by atoms with Crippen molar-refractivity contribution in [3.8, 4) is 11.5 Å². The molecule has 7 nitrogen and oxygen atoms in total. The fourth-order valence-corrected chi connectivity index (χ4v) is 3.79. The van der Waals surface area contributed by atoms with Crippen molar-refractivity contribution < 1.29 is 9.47 Å². The summed E-state index contributed by atoms with van der Waals surface area (Å²) in [5, 5.41) is 4.79. The lowest BCUT2D eigenvalue weighted by Gasteiger charge is -2.26. The number of hydrogen-bond acceptors (Lipinski definition) is 5. The number of aromatic amines is 1. The number of nitrogens with zero attached hydrogens (tertiary/aromatic N) is 2. The van der Waals surface area contributed by atoms with Gasteiger partial charge in [-0.1, -0.05) is 0 Å². The van der Waals surface area contributed by atoms with Crippen LogP contribution in [-0.2, 0) is 6.54 Å². The molecule has 8 heteroatoms. The van der Waals surface area contributed by atoms with Gasteiger partial charge in [0.05, 0.1) is 20.3 Å². The minimum Gasteiger partial charge on any atom is -0.497 e. The molecule has 0 aliphatic heterocycles. The molecule has 3 aromatic rings. The zero-order chi connectivity index (χ0) is 23.8. The van der Waals surface area contributed by atoms with Crippen LogP contribution >= 0.6 is 12.2 Å². The lowest BCUT2D eigenvalue weighted by atomic mass is 10.1. The van der Waals surface area contributed by atoms with Crippen LogP contribution in [0.25, 0.3) is 10.9 Å². The van der Waals surface area contributed by atoms with Gasteiger partial charge in [0.15, 0.2) is 5.11 Å². The van der Waals surface area contributed by atoms with E-state index in [0.29, 0.717) is 23.8 Å². The van der Waals surface area contributed by atoms with Crippen LogP contribution < -0.4 is 20.3 Å². The molecule has 1 aromatic heterocycles. The summed E-state index contributed by atoms with van der Waals surface area (Å²) in [6.07, 6.45) is 0.914. The molecular formula is C25H32N4O3S. The summed E-state index contributed by atoms with van der Waals surface area (Å²) < 4.78 is 10.8. The van der Waals surface area contributed by atoms with E-state index in [2.05, 4.69) is 15.2 Å². The fraction of sp³-hybridized carbons (Fsp3) is 0.360. The molecule has 0 aliphatic rings. The second-order valence-corrected chi connectivity index (χ2v) is 8.43. The first-order chi connectivity index (χ1) is 15.9. The quantitative estimate of drug-likeness (QED) is 0.435. The zero-order valence-electron chi connectivity index (χ0n) is 19.7. The summed E-state index contributed by atoms with van der Waals surface area (Å²) in [6, 6.07) is 15.2. The van der Waals surface area contributed by atoms with Crippen molar-refractivity contribution in [3.63, 3.8) is 0 Å². The van der Waals surface area contributed by atoms with Gasteiger partial charge in [0.2, 0.25) is 0 Å². The fourth-order valence-electron chi connectivity index (χ4n) is 3.51. The topological polar surface area (TPSA) is 69.8 Å². The van der Waals surface area contributed by atoms with Gasteiger partial charge in [-0.2, -0.15) is 0 Å². The molecule has 2 aromatic carbocycles. The first kappa shape index (κ1) is 24.5. The first-order valence-electron chi connectivity index (χ1n) is 11.0. The smallest absolute Gasteiger partial charge is 0.253 e. The Morgan fingerprint density at radius 3 is 2.45 bits per heavy atom. The number of aromatic nitrogens is 1. The maximum absolute atomic E-state index is 12.8. The molecule has 2 N–H and O–H groups in total. The van der Waals surface area contributed by atoms with Crippen LogP contribution in [0.15, 0.2) is 53.3 Å². The standard InChI is InChI=1S/C25H32N4O3S/c1-5-32-21-9-7-20(8-10-21)26-25(33)29(14-6-13-28(2)3)17-19-15-18-16-22(31-4)11-12-23(18)27-24(19)30/h7-12,15-16H,5-6,13-14,17H2,1-4H3,(H,26,33)(H,27,30). The molecule has 176 valence electrons. The van der Waals surface area contributed by atoms with E-state index in [0.717, 1.165) is 47.6 Å². The maximum atomic E-state index is 12.8. The normalized spacial score (nSPS) is 10.9. The number of fused-ring (bicyclic) bond motifs is 1. The lowest BCUT2D eigenvalue weighted by Crippen LogP contribution is -2.37. The van der Waals surface area contributed by atoms with E-state index >= 15 is 0 Å². The van der Waals surface area contributed by atoms with E-state index in [1.54, 1.807) is 7.11 Å². The summed E-state index contributed by atoms with van der Waals surface area (Å²) in [6.45, 7) is 4.62. The highest BCUT2D eigenvalue weighted by atomic mass is 32.1. The number of hydrogen-bond donors (Lipinski definition) is 2. The Morgan fingerprint density at radius 1 is 1.06 bits per heavy atom. The van der Waals surface area contributed by atoms with Gasteiger partial charge >= 0.3 is 0 Å². The Morgan fingerprint density at radius 2 is 1.79 bits per heavy atom. The third kappa shape index (κ3) is 6.94. The summed E-state index contributed by atoms with van der Waals surface area (Å²) in [4.78, 5) is 19.9. The molecule has 3 rings (SSSR count). The number of anilines is 1. The van der Waals surface area contributed by atoms with Gasteiger partial charge in [0.25, 0.3) is 5.56 Å². The van der Waals surface area contributed by atoms with Crippen molar-refractivity contribution >= 4 is 33.9 Å². The number of ether oxygens (including phenoxy) is 2. The summed E-state index contributed by atoms with van der Waals surface area (Å²) in [7, 11) is 5.72. The Hall–Kier alpha value is -3.10. The predicted molar refractivity (Wildman–Crippen MR) is 139 cm³/mol. The highest BCUT2D eigenvalue weighted by Crippen LogP contribution is 2.20. The van der Waals surface area contributed by atoms with E-state index in [4.69, 9.17) is 21.7 Å². The number of rotatable bonds is 10. The van der Waals surface area contributed by atoms with Crippen molar-refractivity contribution in [2.24, 2.45) is 0 Å². The highest BCUT2D eigenvalue weighted by molar-refractivity contribution is 7.80. The van der Waals surface area contributed by atoms with Gasteiger partial charge < -0.3 is 29.6 Å². The number of benzene rings is 2. The van der Waals surface area contributed by atoms with E-state index < -0.39 is 0 Å². The van der Waals surface area contributed by atoms with Gasteiger partial charge in [-0.25, -0.2) is 0 Å². The second-order valence-electron chi connectivity index (χ2n) is 8.04. The summed E-state index contributed by atoms with van der Waals surface area (Å²) >= 11 is 5.74. The number of H-pyrrole nitrogens is 1. The van der Waals surface area contributed by atoms with Crippen LogP contribution in [0.1, 0.15) is 18.9 Å². The van der Waals surface area contributed by atoms with Crippen LogP contribution in [0.4, 0.5) is 5.69 Å². The molecule has 33 heavy (non-hydrogen) atoms. The molecule has 0 saturated carbocycles. The molecular weight excluding hydrogens is 436 g/mol.